The third-order valence-corrected chi connectivity index (χ3v) is 6.73. The second-order valence-corrected chi connectivity index (χ2v) is 9.64. The van der Waals surface area contributed by atoms with E-state index in [-0.39, 0.29) is 30.3 Å². The van der Waals surface area contributed by atoms with Crippen LogP contribution >= 0.6 is 0 Å². The summed E-state index contributed by atoms with van der Waals surface area (Å²) < 4.78 is 0. The first-order valence-corrected chi connectivity index (χ1v) is 12.8. The molecule has 1 atom stereocenters. The van der Waals surface area contributed by atoms with Crippen LogP contribution in [0.4, 0.5) is 11.4 Å². The summed E-state index contributed by atoms with van der Waals surface area (Å²) in [7, 11) is 0. The molecule has 1 unspecified atom stereocenters. The Labute approximate surface area is 218 Å². The van der Waals surface area contributed by atoms with E-state index in [1.807, 2.05) is 54.3 Å². The van der Waals surface area contributed by atoms with Crippen molar-refractivity contribution in [2.75, 3.05) is 30.3 Å². The van der Waals surface area contributed by atoms with E-state index >= 15 is 0 Å². The van der Waals surface area contributed by atoms with Crippen LogP contribution in [0.1, 0.15) is 59.0 Å². The molecular formula is C30H34N4O3. The predicted octanol–water partition coefficient (Wildman–Crippen LogP) is 5.10. The van der Waals surface area contributed by atoms with E-state index in [0.717, 1.165) is 37.2 Å². The fourth-order valence-corrected chi connectivity index (χ4v) is 4.32. The summed E-state index contributed by atoms with van der Waals surface area (Å²) in [6, 6.07) is 23.7. The van der Waals surface area contributed by atoms with Gasteiger partial charge in [0.05, 0.1) is 12.6 Å². The summed E-state index contributed by atoms with van der Waals surface area (Å²) in [5, 5.41) is 8.89. The van der Waals surface area contributed by atoms with Crippen molar-refractivity contribution in [2.24, 2.45) is 5.92 Å². The molecule has 7 nitrogen and oxygen atoms in total. The predicted molar refractivity (Wildman–Crippen MR) is 147 cm³/mol. The third-order valence-electron chi connectivity index (χ3n) is 6.73. The lowest BCUT2D eigenvalue weighted by Gasteiger charge is -2.30. The highest BCUT2D eigenvalue weighted by Gasteiger charge is 2.21. The van der Waals surface area contributed by atoms with Gasteiger partial charge >= 0.3 is 0 Å². The van der Waals surface area contributed by atoms with Crippen LogP contribution in [0.25, 0.3) is 0 Å². The van der Waals surface area contributed by atoms with E-state index in [0.29, 0.717) is 22.7 Å². The molecule has 0 radical (unpaired) electrons. The summed E-state index contributed by atoms with van der Waals surface area (Å²) in [6.07, 6.45) is 2.09. The number of benzene rings is 3. The number of nitrogens with one attached hydrogen (secondary N) is 3. The Balaban J connectivity index is 1.23. The summed E-state index contributed by atoms with van der Waals surface area (Å²) in [5.74, 6) is 0.348. The van der Waals surface area contributed by atoms with Gasteiger partial charge in [-0.3, -0.25) is 14.4 Å². The van der Waals surface area contributed by atoms with Gasteiger partial charge in [0.2, 0.25) is 5.91 Å². The molecule has 0 saturated carbocycles. The number of anilines is 2. The molecule has 3 aromatic rings. The highest BCUT2D eigenvalue weighted by molar-refractivity contribution is 5.97. The van der Waals surface area contributed by atoms with E-state index in [1.165, 1.54) is 0 Å². The van der Waals surface area contributed by atoms with Crippen molar-refractivity contribution < 1.29 is 14.4 Å². The first-order valence-electron chi connectivity index (χ1n) is 12.8. The lowest BCUT2D eigenvalue weighted by molar-refractivity contribution is -0.114. The van der Waals surface area contributed by atoms with Crippen molar-refractivity contribution in [1.82, 2.24) is 10.2 Å². The molecular weight excluding hydrogens is 464 g/mol. The maximum Gasteiger partial charge on any atom is 0.253 e. The normalized spacial score (nSPS) is 14.5. The van der Waals surface area contributed by atoms with E-state index in [2.05, 4.69) is 22.9 Å². The molecule has 192 valence electrons. The van der Waals surface area contributed by atoms with Gasteiger partial charge in [-0.25, -0.2) is 0 Å². The lowest BCUT2D eigenvalue weighted by atomic mass is 9.98. The minimum Gasteiger partial charge on any atom is -0.376 e. The van der Waals surface area contributed by atoms with Crippen LogP contribution in [0.2, 0.25) is 0 Å². The molecule has 3 N–H and O–H groups in total. The number of likely N-dealkylation sites (tertiary alicyclic amines) is 1. The van der Waals surface area contributed by atoms with Gasteiger partial charge in [0.1, 0.15) is 0 Å². The Morgan fingerprint density at radius 2 is 1.43 bits per heavy atom. The first-order chi connectivity index (χ1) is 17.9. The highest BCUT2D eigenvalue weighted by atomic mass is 16.2. The smallest absolute Gasteiger partial charge is 0.253 e. The van der Waals surface area contributed by atoms with Crippen LogP contribution in [0, 0.1) is 5.92 Å². The molecule has 1 aliphatic rings. The number of nitrogens with zero attached hydrogens (tertiary/aromatic N) is 1. The van der Waals surface area contributed by atoms with Crippen molar-refractivity contribution in [3.8, 4) is 0 Å². The Morgan fingerprint density at radius 1 is 0.838 bits per heavy atom. The second kappa shape index (κ2) is 12.2. The van der Waals surface area contributed by atoms with Gasteiger partial charge in [-0.15, -0.1) is 0 Å². The molecule has 37 heavy (non-hydrogen) atoms. The van der Waals surface area contributed by atoms with Gasteiger partial charge in [0.15, 0.2) is 0 Å². The van der Waals surface area contributed by atoms with Crippen LogP contribution in [0.15, 0.2) is 78.9 Å². The second-order valence-electron chi connectivity index (χ2n) is 9.64. The molecule has 1 saturated heterocycles. The number of piperidine rings is 1. The molecule has 0 aliphatic carbocycles. The molecule has 1 fully saturated rings. The fourth-order valence-electron chi connectivity index (χ4n) is 4.32. The van der Waals surface area contributed by atoms with Crippen LogP contribution < -0.4 is 16.0 Å². The van der Waals surface area contributed by atoms with Crippen LogP contribution in [-0.2, 0) is 4.79 Å². The van der Waals surface area contributed by atoms with Crippen molar-refractivity contribution in [2.45, 2.75) is 32.7 Å². The standard InChI is InChI=1S/C30H34N4O3/c1-21-16-18-34(19-17-21)30(37)25-10-12-26(13-11-25)31-20-28(35)33-27-14-8-24(9-15-27)29(36)32-22(2)23-6-4-3-5-7-23/h3-15,21-22,31H,16-20H2,1-2H3,(H,32,36)(H,33,35). The minimum atomic E-state index is -0.211. The Kier molecular flexibility index (Phi) is 8.56. The topological polar surface area (TPSA) is 90.5 Å². The zero-order valence-corrected chi connectivity index (χ0v) is 21.4. The average molecular weight is 499 g/mol. The highest BCUT2D eigenvalue weighted by Crippen LogP contribution is 2.19. The molecule has 0 spiro atoms. The molecule has 1 aliphatic heterocycles. The zero-order chi connectivity index (χ0) is 26.2. The van der Waals surface area contributed by atoms with Crippen molar-refractivity contribution in [3.05, 3.63) is 95.6 Å². The van der Waals surface area contributed by atoms with Gasteiger partial charge in [-0.1, -0.05) is 37.3 Å². The number of carbonyl (C=O) groups excluding carboxylic acids is 3. The van der Waals surface area contributed by atoms with Crippen LogP contribution in [-0.4, -0.2) is 42.3 Å². The summed E-state index contributed by atoms with van der Waals surface area (Å²) in [6.45, 7) is 5.85. The summed E-state index contributed by atoms with van der Waals surface area (Å²) in [5.41, 5.74) is 3.58. The SMILES string of the molecule is CC1CCN(C(=O)c2ccc(NCC(=O)Nc3ccc(C(=O)NC(C)c4ccccc4)cc3)cc2)CC1. The average Bonchev–Trinajstić information content (AvgIpc) is 2.93. The van der Waals surface area contributed by atoms with E-state index < -0.39 is 0 Å². The monoisotopic (exact) mass is 498 g/mol. The number of hydrogen-bond donors (Lipinski definition) is 3. The Bertz CT molecular complexity index is 1200. The molecule has 0 bridgehead atoms. The molecule has 7 heteroatoms. The van der Waals surface area contributed by atoms with Crippen LogP contribution in [0.3, 0.4) is 0 Å². The van der Waals surface area contributed by atoms with E-state index in [9.17, 15) is 14.4 Å². The minimum absolute atomic E-state index is 0.0582. The van der Waals surface area contributed by atoms with Crippen LogP contribution in [0.5, 0.6) is 0 Å². The number of hydrogen-bond acceptors (Lipinski definition) is 4. The molecule has 3 amide bonds. The van der Waals surface area contributed by atoms with E-state index in [1.54, 1.807) is 36.4 Å². The largest absolute Gasteiger partial charge is 0.376 e. The quantitative estimate of drug-likeness (QED) is 0.403. The Hall–Kier alpha value is -4.13. The fraction of sp³-hybridized carbons (Fsp3) is 0.300. The van der Waals surface area contributed by atoms with E-state index in [4.69, 9.17) is 0 Å². The van der Waals surface area contributed by atoms with Gasteiger partial charge in [-0.05, 0) is 79.8 Å². The van der Waals surface area contributed by atoms with Gasteiger partial charge in [0.25, 0.3) is 11.8 Å². The number of amides is 3. The summed E-state index contributed by atoms with van der Waals surface area (Å²) >= 11 is 0. The van der Waals surface area contributed by atoms with Crippen molar-refractivity contribution in [1.29, 1.82) is 0 Å². The molecule has 3 aromatic carbocycles. The lowest BCUT2D eigenvalue weighted by Crippen LogP contribution is -2.37. The first kappa shape index (κ1) is 25.9. The summed E-state index contributed by atoms with van der Waals surface area (Å²) in [4.78, 5) is 39.6. The maximum absolute atomic E-state index is 12.7. The molecule has 1 heterocycles. The Morgan fingerprint density at radius 3 is 2.08 bits per heavy atom. The van der Waals surface area contributed by atoms with Gasteiger partial charge < -0.3 is 20.9 Å². The number of rotatable bonds is 8. The maximum atomic E-state index is 12.7. The molecule has 0 aromatic heterocycles. The number of carbonyl (C=O) groups is 3. The zero-order valence-electron chi connectivity index (χ0n) is 21.4. The third kappa shape index (κ3) is 7.19. The molecule has 4 rings (SSSR count). The van der Waals surface area contributed by atoms with Gasteiger partial charge in [-0.2, -0.15) is 0 Å². The van der Waals surface area contributed by atoms with Crippen molar-refractivity contribution in [3.63, 3.8) is 0 Å². The van der Waals surface area contributed by atoms with Crippen molar-refractivity contribution >= 4 is 29.1 Å². The van der Waals surface area contributed by atoms with Gasteiger partial charge in [0, 0.05) is 35.6 Å².